The Morgan fingerprint density at radius 1 is 1.21 bits per heavy atom. The number of hydrogen-bond donors (Lipinski definition) is 0. The van der Waals surface area contributed by atoms with E-state index in [9.17, 15) is 0 Å². The summed E-state index contributed by atoms with van der Waals surface area (Å²) >= 11 is 0. The van der Waals surface area contributed by atoms with E-state index in [0.717, 1.165) is 45.1 Å². The molecule has 0 saturated carbocycles. The molecule has 0 spiro atoms. The molecule has 4 nitrogen and oxygen atoms in total. The molecule has 0 aliphatic carbocycles. The molecular formula is C15H23N3O. The first kappa shape index (κ1) is 12.9. The van der Waals surface area contributed by atoms with Gasteiger partial charge in [0.15, 0.2) is 0 Å². The van der Waals surface area contributed by atoms with Crippen molar-refractivity contribution in [1.29, 1.82) is 0 Å². The molecule has 1 unspecified atom stereocenters. The van der Waals surface area contributed by atoms with Gasteiger partial charge in [-0.25, -0.2) is 0 Å². The van der Waals surface area contributed by atoms with Crippen molar-refractivity contribution in [2.75, 3.05) is 44.3 Å². The number of aromatic nitrogens is 1. The maximum Gasteiger partial charge on any atom is 0.0594 e. The smallest absolute Gasteiger partial charge is 0.0594 e. The second kappa shape index (κ2) is 5.88. The van der Waals surface area contributed by atoms with E-state index in [1.807, 2.05) is 13.1 Å². The van der Waals surface area contributed by atoms with Gasteiger partial charge < -0.3 is 9.64 Å². The van der Waals surface area contributed by atoms with Crippen molar-refractivity contribution < 1.29 is 4.74 Å². The minimum absolute atomic E-state index is 0.680. The minimum Gasteiger partial charge on any atom is -0.379 e. The van der Waals surface area contributed by atoms with Gasteiger partial charge in [0, 0.05) is 37.9 Å². The van der Waals surface area contributed by atoms with Crippen molar-refractivity contribution in [2.24, 2.45) is 0 Å². The molecule has 0 N–H and O–H groups in total. The van der Waals surface area contributed by atoms with Crippen LogP contribution >= 0.6 is 0 Å². The molecule has 3 heterocycles. The Kier molecular flexibility index (Phi) is 3.99. The lowest BCUT2D eigenvalue weighted by Gasteiger charge is -2.41. The number of piperidine rings is 1. The quantitative estimate of drug-likeness (QED) is 0.810. The second-order valence-electron chi connectivity index (χ2n) is 5.55. The van der Waals surface area contributed by atoms with E-state index in [-0.39, 0.29) is 0 Å². The molecule has 0 bridgehead atoms. The molecular weight excluding hydrogens is 238 g/mol. The number of aryl methyl sites for hydroxylation is 1. The van der Waals surface area contributed by atoms with Gasteiger partial charge in [0.25, 0.3) is 0 Å². The van der Waals surface area contributed by atoms with Gasteiger partial charge in [0.2, 0.25) is 0 Å². The highest BCUT2D eigenvalue weighted by Gasteiger charge is 2.26. The highest BCUT2D eigenvalue weighted by atomic mass is 16.5. The lowest BCUT2D eigenvalue weighted by molar-refractivity contribution is 0.0137. The molecule has 2 saturated heterocycles. The van der Waals surface area contributed by atoms with Crippen molar-refractivity contribution in [1.82, 2.24) is 9.88 Å². The number of nitrogens with zero attached hydrogens (tertiary/aromatic N) is 3. The second-order valence-corrected chi connectivity index (χ2v) is 5.55. The van der Waals surface area contributed by atoms with Crippen molar-refractivity contribution in [3.05, 3.63) is 24.0 Å². The molecule has 1 atom stereocenters. The average Bonchev–Trinajstić information content (AvgIpc) is 2.49. The van der Waals surface area contributed by atoms with E-state index in [1.54, 1.807) is 0 Å². The lowest BCUT2D eigenvalue weighted by Crippen LogP contribution is -2.51. The highest BCUT2D eigenvalue weighted by Crippen LogP contribution is 2.22. The van der Waals surface area contributed by atoms with Crippen LogP contribution in [0.3, 0.4) is 0 Å². The summed E-state index contributed by atoms with van der Waals surface area (Å²) in [5, 5.41) is 0. The van der Waals surface area contributed by atoms with Crippen molar-refractivity contribution in [2.45, 2.75) is 25.8 Å². The first-order chi connectivity index (χ1) is 9.33. The molecule has 19 heavy (non-hydrogen) atoms. The Hall–Kier alpha value is -1.13. The van der Waals surface area contributed by atoms with E-state index >= 15 is 0 Å². The molecule has 104 valence electrons. The van der Waals surface area contributed by atoms with Crippen LogP contribution in [-0.4, -0.2) is 55.3 Å². The van der Waals surface area contributed by atoms with Crippen LogP contribution in [0, 0.1) is 6.92 Å². The molecule has 2 aliphatic heterocycles. The van der Waals surface area contributed by atoms with Crippen molar-refractivity contribution in [3.63, 3.8) is 0 Å². The summed E-state index contributed by atoms with van der Waals surface area (Å²) < 4.78 is 5.45. The monoisotopic (exact) mass is 261 g/mol. The van der Waals surface area contributed by atoms with Gasteiger partial charge in [-0.1, -0.05) is 0 Å². The molecule has 0 amide bonds. The third kappa shape index (κ3) is 3.07. The normalized spacial score (nSPS) is 25.5. The Bertz CT molecular complexity index is 400. The third-order valence-corrected chi connectivity index (χ3v) is 4.22. The van der Waals surface area contributed by atoms with Gasteiger partial charge in [0.1, 0.15) is 0 Å². The van der Waals surface area contributed by atoms with Crippen LogP contribution < -0.4 is 4.90 Å². The summed E-state index contributed by atoms with van der Waals surface area (Å²) in [5.74, 6) is 0. The van der Waals surface area contributed by atoms with E-state index in [0.29, 0.717) is 6.04 Å². The summed E-state index contributed by atoms with van der Waals surface area (Å²) in [6.07, 6.45) is 4.60. The van der Waals surface area contributed by atoms with Gasteiger partial charge in [-0.3, -0.25) is 9.88 Å². The maximum absolute atomic E-state index is 5.45. The van der Waals surface area contributed by atoms with Crippen LogP contribution in [0.5, 0.6) is 0 Å². The average molecular weight is 261 g/mol. The van der Waals surface area contributed by atoms with E-state index < -0.39 is 0 Å². The first-order valence-electron chi connectivity index (χ1n) is 7.32. The predicted octanol–water partition coefficient (Wildman–Crippen LogP) is 1.69. The summed E-state index contributed by atoms with van der Waals surface area (Å²) in [4.78, 5) is 9.49. The molecule has 4 heteroatoms. The Morgan fingerprint density at radius 3 is 2.79 bits per heavy atom. The largest absolute Gasteiger partial charge is 0.379 e. The molecule has 2 aliphatic rings. The number of ether oxygens (including phenoxy) is 1. The molecule has 2 fully saturated rings. The summed E-state index contributed by atoms with van der Waals surface area (Å²) in [6, 6.07) is 4.98. The number of morpholine rings is 1. The van der Waals surface area contributed by atoms with Gasteiger partial charge >= 0.3 is 0 Å². The zero-order chi connectivity index (χ0) is 13.1. The molecule has 0 radical (unpaired) electrons. The van der Waals surface area contributed by atoms with Crippen LogP contribution in [0.2, 0.25) is 0 Å². The molecule has 3 rings (SSSR count). The van der Waals surface area contributed by atoms with Gasteiger partial charge in [-0.05, 0) is 31.9 Å². The van der Waals surface area contributed by atoms with Crippen LogP contribution in [0.4, 0.5) is 5.69 Å². The summed E-state index contributed by atoms with van der Waals surface area (Å²) in [6.45, 7) is 8.29. The molecule has 1 aromatic heterocycles. The van der Waals surface area contributed by atoms with Gasteiger partial charge in [-0.2, -0.15) is 0 Å². The molecule has 1 aromatic rings. The van der Waals surface area contributed by atoms with E-state index in [1.165, 1.54) is 18.5 Å². The van der Waals surface area contributed by atoms with Crippen molar-refractivity contribution >= 4 is 5.69 Å². The zero-order valence-electron chi connectivity index (χ0n) is 11.7. The fourth-order valence-corrected chi connectivity index (χ4v) is 3.08. The SMILES string of the molecule is Cc1ccc(N2CCCC(N3CCOCC3)C2)cn1. The summed E-state index contributed by atoms with van der Waals surface area (Å²) in [5.41, 5.74) is 2.36. The first-order valence-corrected chi connectivity index (χ1v) is 7.32. The highest BCUT2D eigenvalue weighted by molar-refractivity contribution is 5.45. The van der Waals surface area contributed by atoms with Gasteiger partial charge in [-0.15, -0.1) is 0 Å². The number of anilines is 1. The Morgan fingerprint density at radius 2 is 2.05 bits per heavy atom. The van der Waals surface area contributed by atoms with Crippen LogP contribution in [0.25, 0.3) is 0 Å². The van der Waals surface area contributed by atoms with Crippen LogP contribution in [-0.2, 0) is 4.74 Å². The third-order valence-electron chi connectivity index (χ3n) is 4.22. The fraction of sp³-hybridized carbons (Fsp3) is 0.667. The standard InChI is InChI=1S/C15H23N3O/c1-13-4-5-14(11-16-13)18-6-2-3-15(12-18)17-7-9-19-10-8-17/h4-5,11,15H,2-3,6-10,12H2,1H3. The fourth-order valence-electron chi connectivity index (χ4n) is 3.08. The van der Waals surface area contributed by atoms with E-state index in [4.69, 9.17) is 4.74 Å². The summed E-state index contributed by atoms with van der Waals surface area (Å²) in [7, 11) is 0. The van der Waals surface area contributed by atoms with Crippen molar-refractivity contribution in [3.8, 4) is 0 Å². The van der Waals surface area contributed by atoms with Gasteiger partial charge in [0.05, 0.1) is 25.1 Å². The predicted molar refractivity (Wildman–Crippen MR) is 76.6 cm³/mol. The number of rotatable bonds is 2. The zero-order valence-corrected chi connectivity index (χ0v) is 11.7. The minimum atomic E-state index is 0.680. The lowest BCUT2D eigenvalue weighted by atomic mass is 10.0. The Balaban J connectivity index is 1.65. The van der Waals surface area contributed by atoms with E-state index in [2.05, 4.69) is 26.9 Å². The topological polar surface area (TPSA) is 28.6 Å². The molecule has 0 aromatic carbocycles. The number of pyridine rings is 1. The number of hydrogen-bond acceptors (Lipinski definition) is 4. The Labute approximate surface area is 115 Å². The maximum atomic E-state index is 5.45. The van der Waals surface area contributed by atoms with Crippen LogP contribution in [0.15, 0.2) is 18.3 Å². The van der Waals surface area contributed by atoms with Crippen LogP contribution in [0.1, 0.15) is 18.5 Å².